The van der Waals surface area contributed by atoms with Gasteiger partial charge >= 0.3 is 0 Å². The fourth-order valence-corrected chi connectivity index (χ4v) is 5.30. The van der Waals surface area contributed by atoms with E-state index in [0.29, 0.717) is 6.61 Å². The van der Waals surface area contributed by atoms with Crippen molar-refractivity contribution >= 4 is 28.9 Å². The van der Waals surface area contributed by atoms with E-state index in [-0.39, 0.29) is 12.1 Å². The van der Waals surface area contributed by atoms with Gasteiger partial charge in [0.1, 0.15) is 0 Å². The maximum Gasteiger partial charge on any atom is 0.170 e. The second-order valence-corrected chi connectivity index (χ2v) is 9.01. The topological polar surface area (TPSA) is 42.3 Å². The molecule has 0 saturated carbocycles. The van der Waals surface area contributed by atoms with Gasteiger partial charge in [-0.25, -0.2) is 0 Å². The van der Waals surface area contributed by atoms with E-state index in [9.17, 15) is 0 Å². The molecule has 0 spiro atoms. The summed E-state index contributed by atoms with van der Waals surface area (Å²) in [5.74, 6) is 0. The summed E-state index contributed by atoms with van der Waals surface area (Å²) in [6.07, 6.45) is 2.74. The van der Waals surface area contributed by atoms with Gasteiger partial charge in [-0.2, -0.15) is 0 Å². The molecule has 1 saturated heterocycles. The fourth-order valence-electron chi connectivity index (χ4n) is 4.78. The van der Waals surface area contributed by atoms with E-state index in [4.69, 9.17) is 28.6 Å². The first-order valence-electron chi connectivity index (χ1n) is 10.9. The number of methoxy groups -OCH3 is 1. The van der Waals surface area contributed by atoms with E-state index in [0.717, 1.165) is 34.5 Å². The van der Waals surface area contributed by atoms with E-state index in [1.807, 2.05) is 36.5 Å². The number of rotatable bonds is 7. The van der Waals surface area contributed by atoms with Crippen LogP contribution in [-0.2, 0) is 4.74 Å². The minimum Gasteiger partial charge on any atom is -0.385 e. The summed E-state index contributed by atoms with van der Waals surface area (Å²) in [6.45, 7) is 8.05. The third kappa shape index (κ3) is 4.15. The van der Waals surface area contributed by atoms with Crippen LogP contribution in [0.15, 0.2) is 48.7 Å². The number of nitrogens with one attached hydrogen (secondary N) is 1. The zero-order valence-corrected chi connectivity index (χ0v) is 20.5. The molecular weight excluding hydrogens is 440 g/mol. The first-order valence-corrected chi connectivity index (χ1v) is 11.6. The van der Waals surface area contributed by atoms with Gasteiger partial charge in [0.05, 0.1) is 17.8 Å². The predicted octanol–water partition coefficient (Wildman–Crippen LogP) is 5.46. The number of hydrogen-bond acceptors (Lipinski definition) is 3. The summed E-state index contributed by atoms with van der Waals surface area (Å²) in [4.78, 5) is 6.96. The van der Waals surface area contributed by atoms with E-state index in [2.05, 4.69) is 52.7 Å². The largest absolute Gasteiger partial charge is 0.385 e. The van der Waals surface area contributed by atoms with Gasteiger partial charge in [-0.15, -0.1) is 0 Å². The number of thiocarbonyl (C=S) groups is 1. The molecule has 1 N–H and O–H groups in total. The molecular formula is C25H29ClN4OS. The fraction of sp³-hybridized carbons (Fsp3) is 0.360. The maximum atomic E-state index is 6.32. The van der Waals surface area contributed by atoms with Crippen LogP contribution in [0, 0.1) is 20.8 Å². The number of halogens is 1. The molecule has 0 unspecified atom stereocenters. The van der Waals surface area contributed by atoms with Crippen LogP contribution in [0.3, 0.4) is 0 Å². The average molecular weight is 469 g/mol. The molecule has 2 aromatic heterocycles. The Morgan fingerprint density at radius 3 is 2.62 bits per heavy atom. The van der Waals surface area contributed by atoms with Crippen LogP contribution in [0.1, 0.15) is 46.7 Å². The minimum absolute atomic E-state index is 0.0294. The zero-order valence-electron chi connectivity index (χ0n) is 18.9. The van der Waals surface area contributed by atoms with Gasteiger partial charge in [-0.1, -0.05) is 23.7 Å². The quantitative estimate of drug-likeness (QED) is 0.368. The van der Waals surface area contributed by atoms with Gasteiger partial charge in [0.25, 0.3) is 0 Å². The van der Waals surface area contributed by atoms with E-state index < -0.39 is 0 Å². The molecule has 1 aromatic carbocycles. The lowest BCUT2D eigenvalue weighted by atomic mass is 9.93. The molecule has 0 aliphatic carbocycles. The molecule has 1 fully saturated rings. The Balaban J connectivity index is 1.85. The molecule has 3 heterocycles. The highest BCUT2D eigenvalue weighted by Crippen LogP contribution is 2.43. The van der Waals surface area contributed by atoms with E-state index in [1.54, 1.807) is 7.11 Å². The van der Waals surface area contributed by atoms with Crippen molar-refractivity contribution in [2.45, 2.75) is 39.3 Å². The normalized spacial score (nSPS) is 18.3. The van der Waals surface area contributed by atoms with Gasteiger partial charge < -0.3 is 19.5 Å². The summed E-state index contributed by atoms with van der Waals surface area (Å²) in [5.41, 5.74) is 6.99. The van der Waals surface area contributed by atoms with Crippen molar-refractivity contribution in [2.75, 3.05) is 20.3 Å². The van der Waals surface area contributed by atoms with Crippen LogP contribution in [0.2, 0.25) is 5.02 Å². The molecule has 2 atom stereocenters. The SMILES string of the molecule is COCCCN1C(=S)N[C@H](c2ccccn2)[C@@H]1c1c(C)c(C)n(-c2cccc(Cl)c2)c1C. The molecule has 1 aliphatic heterocycles. The van der Waals surface area contributed by atoms with Crippen molar-refractivity contribution < 1.29 is 4.74 Å². The molecule has 3 aromatic rings. The van der Waals surface area contributed by atoms with Crippen molar-refractivity contribution in [3.05, 3.63) is 81.9 Å². The van der Waals surface area contributed by atoms with Crippen LogP contribution in [0.25, 0.3) is 5.69 Å². The van der Waals surface area contributed by atoms with Crippen LogP contribution in [-0.4, -0.2) is 39.8 Å². The Morgan fingerprint density at radius 2 is 1.94 bits per heavy atom. The minimum atomic E-state index is -0.0294. The molecule has 4 rings (SSSR count). The van der Waals surface area contributed by atoms with Gasteiger partial charge in [0, 0.05) is 54.1 Å². The zero-order chi connectivity index (χ0) is 22.8. The van der Waals surface area contributed by atoms with E-state index in [1.165, 1.54) is 22.5 Å². The second kappa shape index (κ2) is 9.61. The highest BCUT2D eigenvalue weighted by atomic mass is 35.5. The number of pyridine rings is 1. The maximum absolute atomic E-state index is 6.32. The standard InChI is InChI=1S/C25H29ClN4OS/c1-16-17(2)30(20-10-7-9-19(26)15-20)18(3)22(16)24-23(21-11-5-6-12-27-21)28-25(32)29(24)13-8-14-31-4/h5-7,9-12,15,23-24H,8,13-14H2,1-4H3,(H,28,32)/t23-,24+/m1/s1. The molecule has 0 amide bonds. The molecule has 7 heteroatoms. The van der Waals surface area contributed by atoms with Gasteiger partial charge in [0.2, 0.25) is 0 Å². The lowest BCUT2D eigenvalue weighted by Gasteiger charge is -2.29. The van der Waals surface area contributed by atoms with Crippen LogP contribution in [0.4, 0.5) is 0 Å². The number of ether oxygens (including phenoxy) is 1. The third-order valence-electron chi connectivity index (χ3n) is 6.31. The summed E-state index contributed by atoms with van der Waals surface area (Å²) < 4.78 is 7.60. The van der Waals surface area contributed by atoms with Crippen LogP contribution >= 0.6 is 23.8 Å². The van der Waals surface area contributed by atoms with Gasteiger partial charge in [0.15, 0.2) is 5.11 Å². The molecule has 1 aliphatic rings. The lowest BCUT2D eigenvalue weighted by Crippen LogP contribution is -2.31. The van der Waals surface area contributed by atoms with E-state index >= 15 is 0 Å². The monoisotopic (exact) mass is 468 g/mol. The van der Waals surface area contributed by atoms with Crippen molar-refractivity contribution in [3.8, 4) is 5.69 Å². The summed E-state index contributed by atoms with van der Waals surface area (Å²) in [6, 6.07) is 14.0. The Morgan fingerprint density at radius 1 is 1.12 bits per heavy atom. The average Bonchev–Trinajstić information content (AvgIpc) is 3.21. The smallest absolute Gasteiger partial charge is 0.170 e. The molecule has 32 heavy (non-hydrogen) atoms. The molecule has 168 valence electrons. The Labute approximate surface area is 200 Å². The Bertz CT molecular complexity index is 1110. The highest BCUT2D eigenvalue weighted by molar-refractivity contribution is 7.80. The van der Waals surface area contributed by atoms with Crippen molar-refractivity contribution in [1.29, 1.82) is 0 Å². The van der Waals surface area contributed by atoms with Crippen LogP contribution < -0.4 is 5.32 Å². The number of nitrogens with zero attached hydrogens (tertiary/aromatic N) is 3. The Kier molecular flexibility index (Phi) is 6.84. The lowest BCUT2D eigenvalue weighted by molar-refractivity contribution is 0.180. The third-order valence-corrected chi connectivity index (χ3v) is 6.90. The highest BCUT2D eigenvalue weighted by Gasteiger charge is 2.42. The summed E-state index contributed by atoms with van der Waals surface area (Å²) >= 11 is 12.1. The van der Waals surface area contributed by atoms with Crippen molar-refractivity contribution in [2.24, 2.45) is 0 Å². The number of hydrogen-bond donors (Lipinski definition) is 1. The van der Waals surface area contributed by atoms with Gasteiger partial charge in [-0.05, 0) is 75.3 Å². The number of aromatic nitrogens is 2. The second-order valence-electron chi connectivity index (χ2n) is 8.19. The van der Waals surface area contributed by atoms with Gasteiger partial charge in [-0.3, -0.25) is 4.98 Å². The van der Waals surface area contributed by atoms with Crippen molar-refractivity contribution in [1.82, 2.24) is 19.8 Å². The first-order chi connectivity index (χ1) is 15.4. The number of benzene rings is 1. The molecule has 0 radical (unpaired) electrons. The first kappa shape index (κ1) is 22.8. The Hall–Kier alpha value is -2.41. The van der Waals surface area contributed by atoms with Crippen molar-refractivity contribution in [3.63, 3.8) is 0 Å². The predicted molar refractivity (Wildman–Crippen MR) is 134 cm³/mol. The summed E-state index contributed by atoms with van der Waals surface area (Å²) in [5, 5.41) is 5.04. The molecule has 5 nitrogen and oxygen atoms in total. The molecule has 0 bridgehead atoms. The summed E-state index contributed by atoms with van der Waals surface area (Å²) in [7, 11) is 1.73. The van der Waals surface area contributed by atoms with Crippen LogP contribution in [0.5, 0.6) is 0 Å².